The Hall–Kier alpha value is -0.300. The van der Waals surface area contributed by atoms with Crippen LogP contribution in [0.25, 0.3) is 0 Å². The molecule has 14 heavy (non-hydrogen) atoms. The van der Waals surface area contributed by atoms with Crippen molar-refractivity contribution < 1.29 is 9.53 Å². The molecule has 0 spiro atoms. The lowest BCUT2D eigenvalue weighted by atomic mass is 10.1. The van der Waals surface area contributed by atoms with E-state index in [1.165, 1.54) is 7.11 Å². The minimum Gasteiger partial charge on any atom is -0.465 e. The molecule has 0 saturated heterocycles. The van der Waals surface area contributed by atoms with Gasteiger partial charge in [-0.15, -0.1) is 0 Å². The standard InChI is InChI=1S/C9H9BrINO2/c1-4-5(10)3-6(11)8(12)7(4)9(13)14-2/h3H,12H2,1-2H3. The number of halogens is 2. The average molecular weight is 370 g/mol. The van der Waals surface area contributed by atoms with E-state index in [0.29, 0.717) is 11.3 Å². The summed E-state index contributed by atoms with van der Waals surface area (Å²) in [4.78, 5) is 11.4. The SMILES string of the molecule is COC(=O)c1c(C)c(Br)cc(I)c1N. The fraction of sp³-hybridized carbons (Fsp3) is 0.222. The molecule has 0 amide bonds. The summed E-state index contributed by atoms with van der Waals surface area (Å²) in [6, 6.07) is 1.87. The second-order valence-electron chi connectivity index (χ2n) is 2.75. The highest BCUT2D eigenvalue weighted by Crippen LogP contribution is 2.30. The number of esters is 1. The van der Waals surface area contributed by atoms with Crippen molar-refractivity contribution in [2.24, 2.45) is 0 Å². The Balaban J connectivity index is 3.47. The van der Waals surface area contributed by atoms with E-state index in [0.717, 1.165) is 13.6 Å². The van der Waals surface area contributed by atoms with Crippen LogP contribution in [0.3, 0.4) is 0 Å². The van der Waals surface area contributed by atoms with Gasteiger partial charge >= 0.3 is 5.97 Å². The van der Waals surface area contributed by atoms with Crippen LogP contribution in [-0.2, 0) is 4.74 Å². The number of methoxy groups -OCH3 is 1. The summed E-state index contributed by atoms with van der Waals surface area (Å²) in [5, 5.41) is 0. The molecule has 3 nitrogen and oxygen atoms in total. The van der Waals surface area contributed by atoms with E-state index in [1.54, 1.807) is 0 Å². The van der Waals surface area contributed by atoms with Crippen LogP contribution in [0.4, 0.5) is 5.69 Å². The summed E-state index contributed by atoms with van der Waals surface area (Å²) in [5.41, 5.74) is 7.51. The third kappa shape index (κ3) is 2.03. The number of nitrogen functional groups attached to an aromatic ring is 1. The highest BCUT2D eigenvalue weighted by atomic mass is 127. The molecule has 0 bridgehead atoms. The summed E-state index contributed by atoms with van der Waals surface area (Å²) in [7, 11) is 1.34. The zero-order chi connectivity index (χ0) is 10.9. The maximum Gasteiger partial charge on any atom is 0.340 e. The lowest BCUT2D eigenvalue weighted by Crippen LogP contribution is -2.09. The van der Waals surface area contributed by atoms with Gasteiger partial charge in [0.05, 0.1) is 18.4 Å². The molecule has 1 rings (SSSR count). The van der Waals surface area contributed by atoms with Gasteiger partial charge in [0.15, 0.2) is 0 Å². The van der Waals surface area contributed by atoms with Gasteiger partial charge in [0, 0.05) is 8.04 Å². The third-order valence-corrected chi connectivity index (χ3v) is 3.62. The van der Waals surface area contributed by atoms with Crippen LogP contribution in [-0.4, -0.2) is 13.1 Å². The van der Waals surface area contributed by atoms with Crippen LogP contribution < -0.4 is 5.73 Å². The zero-order valence-corrected chi connectivity index (χ0v) is 11.5. The predicted molar refractivity (Wildman–Crippen MR) is 67.3 cm³/mol. The fourth-order valence-corrected chi connectivity index (χ4v) is 2.54. The molecule has 0 saturated carbocycles. The number of rotatable bonds is 1. The van der Waals surface area contributed by atoms with E-state index in [9.17, 15) is 4.79 Å². The second kappa shape index (κ2) is 4.48. The lowest BCUT2D eigenvalue weighted by molar-refractivity contribution is 0.0601. The highest BCUT2D eigenvalue weighted by molar-refractivity contribution is 14.1. The number of benzene rings is 1. The summed E-state index contributed by atoms with van der Waals surface area (Å²) >= 11 is 5.44. The molecule has 0 aromatic heterocycles. The molecular weight excluding hydrogens is 361 g/mol. The summed E-state index contributed by atoms with van der Waals surface area (Å²) in [6.45, 7) is 1.82. The van der Waals surface area contributed by atoms with E-state index >= 15 is 0 Å². The molecule has 0 fully saturated rings. The van der Waals surface area contributed by atoms with Crippen molar-refractivity contribution in [3.05, 3.63) is 25.2 Å². The molecule has 2 N–H and O–H groups in total. The van der Waals surface area contributed by atoms with Gasteiger partial charge in [0.1, 0.15) is 0 Å². The van der Waals surface area contributed by atoms with Crippen molar-refractivity contribution in [1.82, 2.24) is 0 Å². The number of carbonyl (C=O) groups is 1. The molecule has 0 aliphatic rings. The Bertz CT molecular complexity index is 367. The first-order valence-electron chi connectivity index (χ1n) is 3.81. The van der Waals surface area contributed by atoms with Crippen molar-refractivity contribution in [1.29, 1.82) is 0 Å². The minimum absolute atomic E-state index is 0.404. The normalized spacial score (nSPS) is 10.0. The third-order valence-electron chi connectivity index (χ3n) is 1.90. The summed E-state index contributed by atoms with van der Waals surface area (Å²) in [6.07, 6.45) is 0. The Kier molecular flexibility index (Phi) is 3.77. The van der Waals surface area contributed by atoms with Crippen molar-refractivity contribution >= 4 is 50.2 Å². The summed E-state index contributed by atoms with van der Waals surface area (Å²) < 4.78 is 6.36. The molecule has 1 aromatic rings. The van der Waals surface area contributed by atoms with Crippen molar-refractivity contribution in [3.63, 3.8) is 0 Å². The number of nitrogens with two attached hydrogens (primary N) is 1. The first kappa shape index (κ1) is 11.8. The van der Waals surface area contributed by atoms with Gasteiger partial charge in [-0.25, -0.2) is 4.79 Å². The lowest BCUT2D eigenvalue weighted by Gasteiger charge is -2.10. The number of anilines is 1. The highest BCUT2D eigenvalue weighted by Gasteiger charge is 2.17. The maximum absolute atomic E-state index is 11.4. The monoisotopic (exact) mass is 369 g/mol. The number of carbonyl (C=O) groups excluding carboxylic acids is 1. The number of ether oxygens (including phenoxy) is 1. The van der Waals surface area contributed by atoms with Gasteiger partial charge in [-0.05, 0) is 41.1 Å². The van der Waals surface area contributed by atoms with Gasteiger partial charge in [-0.3, -0.25) is 0 Å². The molecule has 0 atom stereocenters. The van der Waals surface area contributed by atoms with Crippen LogP contribution in [0.1, 0.15) is 15.9 Å². The van der Waals surface area contributed by atoms with E-state index in [1.807, 2.05) is 13.0 Å². The second-order valence-corrected chi connectivity index (χ2v) is 4.76. The molecule has 0 radical (unpaired) electrons. The zero-order valence-electron chi connectivity index (χ0n) is 7.73. The fourth-order valence-electron chi connectivity index (χ4n) is 1.10. The summed E-state index contributed by atoms with van der Waals surface area (Å²) in [5.74, 6) is -0.404. The van der Waals surface area contributed by atoms with Gasteiger partial charge in [0.2, 0.25) is 0 Å². The molecule has 0 unspecified atom stereocenters. The largest absolute Gasteiger partial charge is 0.465 e. The topological polar surface area (TPSA) is 52.3 Å². The smallest absolute Gasteiger partial charge is 0.340 e. The molecule has 76 valence electrons. The molecule has 0 aliphatic carbocycles. The molecular formula is C9H9BrINO2. The van der Waals surface area contributed by atoms with E-state index in [2.05, 4.69) is 43.3 Å². The molecule has 5 heteroatoms. The van der Waals surface area contributed by atoms with Crippen LogP contribution in [0.5, 0.6) is 0 Å². The van der Waals surface area contributed by atoms with Gasteiger partial charge in [0.25, 0.3) is 0 Å². The van der Waals surface area contributed by atoms with Gasteiger partial charge in [-0.1, -0.05) is 15.9 Å². The molecule has 0 aliphatic heterocycles. The Labute approximate surface area is 104 Å². The van der Waals surface area contributed by atoms with Crippen molar-refractivity contribution in [3.8, 4) is 0 Å². The Morgan fingerprint density at radius 1 is 1.64 bits per heavy atom. The van der Waals surface area contributed by atoms with E-state index in [4.69, 9.17) is 5.73 Å². The Morgan fingerprint density at radius 2 is 2.21 bits per heavy atom. The van der Waals surface area contributed by atoms with Gasteiger partial charge < -0.3 is 10.5 Å². The first-order valence-corrected chi connectivity index (χ1v) is 5.68. The van der Waals surface area contributed by atoms with Crippen molar-refractivity contribution in [2.75, 3.05) is 12.8 Å². The quantitative estimate of drug-likeness (QED) is 0.470. The first-order chi connectivity index (χ1) is 6.49. The van der Waals surface area contributed by atoms with E-state index < -0.39 is 5.97 Å². The van der Waals surface area contributed by atoms with Crippen molar-refractivity contribution in [2.45, 2.75) is 6.92 Å². The number of hydrogen-bond acceptors (Lipinski definition) is 3. The average Bonchev–Trinajstić information content (AvgIpc) is 2.15. The Morgan fingerprint density at radius 3 is 2.71 bits per heavy atom. The minimum atomic E-state index is -0.404. The van der Waals surface area contributed by atoms with Crippen LogP contribution in [0.2, 0.25) is 0 Å². The maximum atomic E-state index is 11.4. The molecule has 0 heterocycles. The van der Waals surface area contributed by atoms with Crippen LogP contribution >= 0.6 is 38.5 Å². The van der Waals surface area contributed by atoms with Crippen LogP contribution in [0.15, 0.2) is 10.5 Å². The predicted octanol–water partition coefficient (Wildman–Crippen LogP) is 2.73. The van der Waals surface area contributed by atoms with Crippen LogP contribution in [0, 0.1) is 10.5 Å². The van der Waals surface area contributed by atoms with E-state index in [-0.39, 0.29) is 0 Å². The molecule has 1 aromatic carbocycles. The number of hydrogen-bond donors (Lipinski definition) is 1. The van der Waals surface area contributed by atoms with Gasteiger partial charge in [-0.2, -0.15) is 0 Å².